The monoisotopic (exact) mass is 477 g/mol. The van der Waals surface area contributed by atoms with Crippen LogP contribution in [0.5, 0.6) is 11.5 Å². The van der Waals surface area contributed by atoms with Gasteiger partial charge in [0.15, 0.2) is 11.5 Å². The fourth-order valence-corrected chi connectivity index (χ4v) is 4.49. The Kier molecular flexibility index (Phi) is 7.59. The molecule has 0 saturated carbocycles. The number of halogens is 1. The van der Waals surface area contributed by atoms with Gasteiger partial charge in [0.25, 0.3) is 5.91 Å². The van der Waals surface area contributed by atoms with Crippen LogP contribution in [0.4, 0.5) is 0 Å². The average molecular weight is 478 g/mol. The maximum Gasteiger partial charge on any atom is 0.326 e. The smallest absolute Gasteiger partial charge is 0.326 e. The van der Waals surface area contributed by atoms with Gasteiger partial charge in [-0.25, -0.2) is 4.79 Å². The SMILES string of the molecule is CC[C@@H](C(=O)O)N1C(=O)/C(=C/c2ccc(OCc3ccc(Cl)cc3)c(OC)c2)SC1=S. The topological polar surface area (TPSA) is 76.1 Å². The normalized spacial score (nSPS) is 16.0. The zero-order valence-corrected chi connectivity index (χ0v) is 19.2. The van der Waals surface area contributed by atoms with Crippen molar-refractivity contribution in [1.29, 1.82) is 0 Å². The Morgan fingerprint density at radius 1 is 1.26 bits per heavy atom. The van der Waals surface area contributed by atoms with Gasteiger partial charge in [-0.3, -0.25) is 9.69 Å². The van der Waals surface area contributed by atoms with Crippen molar-refractivity contribution in [3.63, 3.8) is 0 Å². The molecular formula is C22H20ClNO5S2. The van der Waals surface area contributed by atoms with Crippen LogP contribution in [0.3, 0.4) is 0 Å². The van der Waals surface area contributed by atoms with E-state index < -0.39 is 17.9 Å². The summed E-state index contributed by atoms with van der Waals surface area (Å²) in [4.78, 5) is 25.7. The van der Waals surface area contributed by atoms with Gasteiger partial charge in [-0.1, -0.05) is 60.7 Å². The molecule has 0 radical (unpaired) electrons. The first kappa shape index (κ1) is 23.1. The van der Waals surface area contributed by atoms with Crippen LogP contribution in [0, 0.1) is 0 Å². The Labute approximate surface area is 194 Å². The molecule has 0 aromatic heterocycles. The fraction of sp³-hybridized carbons (Fsp3) is 0.227. The molecule has 162 valence electrons. The molecule has 6 nitrogen and oxygen atoms in total. The summed E-state index contributed by atoms with van der Waals surface area (Å²) >= 11 is 12.2. The van der Waals surface area contributed by atoms with Gasteiger partial charge >= 0.3 is 5.97 Å². The minimum atomic E-state index is -1.08. The summed E-state index contributed by atoms with van der Waals surface area (Å²) in [7, 11) is 1.53. The lowest BCUT2D eigenvalue weighted by molar-refractivity contribution is -0.145. The van der Waals surface area contributed by atoms with Crippen LogP contribution in [0.1, 0.15) is 24.5 Å². The molecule has 0 bridgehead atoms. The van der Waals surface area contributed by atoms with Crippen LogP contribution in [-0.4, -0.2) is 39.4 Å². The van der Waals surface area contributed by atoms with Crippen LogP contribution in [-0.2, 0) is 16.2 Å². The minimum absolute atomic E-state index is 0.236. The highest BCUT2D eigenvalue weighted by Gasteiger charge is 2.39. The highest BCUT2D eigenvalue weighted by molar-refractivity contribution is 8.26. The first-order chi connectivity index (χ1) is 14.8. The zero-order valence-electron chi connectivity index (χ0n) is 16.8. The number of nitrogens with zero attached hydrogens (tertiary/aromatic N) is 1. The van der Waals surface area contributed by atoms with Gasteiger partial charge in [-0.15, -0.1) is 0 Å². The van der Waals surface area contributed by atoms with Crippen molar-refractivity contribution in [2.45, 2.75) is 26.0 Å². The molecule has 3 rings (SSSR count). The Morgan fingerprint density at radius 2 is 1.97 bits per heavy atom. The second kappa shape index (κ2) is 10.2. The van der Waals surface area contributed by atoms with Gasteiger partial charge in [-0.2, -0.15) is 0 Å². The summed E-state index contributed by atoms with van der Waals surface area (Å²) in [6.07, 6.45) is 1.93. The van der Waals surface area contributed by atoms with Crippen LogP contribution in [0.2, 0.25) is 5.02 Å². The number of benzene rings is 2. The lowest BCUT2D eigenvalue weighted by Gasteiger charge is -2.21. The second-order valence-corrected chi connectivity index (χ2v) is 8.75. The third-order valence-corrected chi connectivity index (χ3v) is 6.18. The molecule has 1 fully saturated rings. The van der Waals surface area contributed by atoms with Gasteiger partial charge in [-0.05, 0) is 47.9 Å². The van der Waals surface area contributed by atoms with Crippen LogP contribution >= 0.6 is 35.6 Å². The highest BCUT2D eigenvalue weighted by Crippen LogP contribution is 2.36. The van der Waals surface area contributed by atoms with Crippen molar-refractivity contribution >= 4 is 57.9 Å². The number of methoxy groups -OCH3 is 1. The predicted molar refractivity (Wildman–Crippen MR) is 126 cm³/mol. The minimum Gasteiger partial charge on any atom is -0.493 e. The zero-order chi connectivity index (χ0) is 22.5. The number of carbonyl (C=O) groups excluding carboxylic acids is 1. The van der Waals surface area contributed by atoms with Gasteiger partial charge in [0, 0.05) is 5.02 Å². The fourth-order valence-electron chi connectivity index (χ4n) is 3.00. The first-order valence-electron chi connectivity index (χ1n) is 9.39. The van der Waals surface area contributed by atoms with E-state index in [1.165, 1.54) is 7.11 Å². The van der Waals surface area contributed by atoms with Crippen LogP contribution in [0.15, 0.2) is 47.4 Å². The summed E-state index contributed by atoms with van der Waals surface area (Å²) in [5, 5.41) is 10.0. The van der Waals surface area contributed by atoms with Crippen molar-refractivity contribution in [2.24, 2.45) is 0 Å². The van der Waals surface area contributed by atoms with Crippen molar-refractivity contribution in [1.82, 2.24) is 4.90 Å². The largest absolute Gasteiger partial charge is 0.493 e. The number of thioether (sulfide) groups is 1. The van der Waals surface area contributed by atoms with Gasteiger partial charge in [0.1, 0.15) is 17.0 Å². The Morgan fingerprint density at radius 3 is 2.58 bits per heavy atom. The lowest BCUT2D eigenvalue weighted by atomic mass is 10.1. The molecule has 0 aliphatic carbocycles. The van der Waals surface area contributed by atoms with E-state index >= 15 is 0 Å². The number of carboxylic acids is 1. The van der Waals surface area contributed by atoms with Gasteiger partial charge < -0.3 is 14.6 Å². The van der Waals surface area contributed by atoms with E-state index in [1.54, 1.807) is 43.3 Å². The van der Waals surface area contributed by atoms with Crippen molar-refractivity contribution in [3.8, 4) is 11.5 Å². The molecule has 0 spiro atoms. The molecular weight excluding hydrogens is 458 g/mol. The number of carboxylic acid groups (broad SMARTS) is 1. The number of ether oxygens (including phenoxy) is 2. The molecule has 2 aromatic carbocycles. The van der Waals surface area contributed by atoms with Crippen molar-refractivity contribution in [2.75, 3.05) is 7.11 Å². The van der Waals surface area contributed by atoms with E-state index in [0.29, 0.717) is 33.6 Å². The predicted octanol–water partition coefficient (Wildman–Crippen LogP) is 4.99. The number of amides is 1. The van der Waals surface area contributed by atoms with E-state index in [4.69, 9.17) is 33.3 Å². The molecule has 31 heavy (non-hydrogen) atoms. The number of carbonyl (C=O) groups is 2. The third kappa shape index (κ3) is 5.39. The van der Waals surface area contributed by atoms with E-state index in [1.807, 2.05) is 12.1 Å². The van der Waals surface area contributed by atoms with E-state index in [-0.39, 0.29) is 10.7 Å². The third-order valence-electron chi connectivity index (χ3n) is 4.60. The van der Waals surface area contributed by atoms with E-state index in [0.717, 1.165) is 22.2 Å². The lowest BCUT2D eigenvalue weighted by Crippen LogP contribution is -2.43. The molecule has 1 aliphatic heterocycles. The molecule has 9 heteroatoms. The number of rotatable bonds is 8. The van der Waals surface area contributed by atoms with Crippen LogP contribution in [0.25, 0.3) is 6.08 Å². The van der Waals surface area contributed by atoms with E-state index in [9.17, 15) is 14.7 Å². The molecule has 1 aliphatic rings. The Hall–Kier alpha value is -2.55. The Bertz CT molecular complexity index is 1040. The summed E-state index contributed by atoms with van der Waals surface area (Å²) < 4.78 is 11.5. The van der Waals surface area contributed by atoms with Crippen molar-refractivity contribution < 1.29 is 24.2 Å². The molecule has 1 saturated heterocycles. The summed E-state index contributed by atoms with van der Waals surface area (Å²) in [6.45, 7) is 2.05. The summed E-state index contributed by atoms with van der Waals surface area (Å²) in [5.74, 6) is -0.426. The molecule has 2 aromatic rings. The second-order valence-electron chi connectivity index (χ2n) is 6.64. The van der Waals surface area contributed by atoms with Crippen molar-refractivity contribution in [3.05, 3.63) is 63.5 Å². The molecule has 1 atom stereocenters. The quantitative estimate of drug-likeness (QED) is 0.424. The number of hydrogen-bond acceptors (Lipinski definition) is 6. The molecule has 1 N–H and O–H groups in total. The van der Waals surface area contributed by atoms with E-state index in [2.05, 4.69) is 0 Å². The number of thiocarbonyl (C=S) groups is 1. The Balaban J connectivity index is 1.78. The number of aliphatic carboxylic acids is 1. The molecule has 1 heterocycles. The summed E-state index contributed by atoms with van der Waals surface area (Å²) in [6, 6.07) is 11.7. The highest BCUT2D eigenvalue weighted by atomic mass is 35.5. The molecule has 0 unspecified atom stereocenters. The van der Waals surface area contributed by atoms with Gasteiger partial charge in [0.05, 0.1) is 12.0 Å². The number of hydrogen-bond donors (Lipinski definition) is 1. The maximum atomic E-state index is 12.8. The maximum absolute atomic E-state index is 12.8. The molecule has 1 amide bonds. The van der Waals surface area contributed by atoms with Gasteiger partial charge in [0.2, 0.25) is 0 Å². The first-order valence-corrected chi connectivity index (χ1v) is 11.0. The van der Waals surface area contributed by atoms with Crippen LogP contribution < -0.4 is 9.47 Å². The average Bonchev–Trinajstić information content (AvgIpc) is 3.02. The standard InChI is InChI=1S/C22H20ClNO5S2/c1-3-16(21(26)27)24-20(25)19(31-22(24)30)11-14-6-9-17(18(10-14)28-2)29-12-13-4-7-15(23)8-5-13/h4-11,16H,3,12H2,1-2H3,(H,26,27)/b19-11-/t16-/m0/s1. The summed E-state index contributed by atoms with van der Waals surface area (Å²) in [5.41, 5.74) is 1.67.